The molecule has 120 valence electrons. The van der Waals surface area contributed by atoms with Crippen molar-refractivity contribution in [3.05, 3.63) is 35.4 Å². The van der Waals surface area contributed by atoms with E-state index in [4.69, 9.17) is 5.11 Å². The number of hydrogen-bond acceptors (Lipinski definition) is 4. The van der Waals surface area contributed by atoms with Crippen LogP contribution in [0.2, 0.25) is 0 Å². The second-order valence-corrected chi connectivity index (χ2v) is 5.21. The minimum absolute atomic E-state index is 0.205. The van der Waals surface area contributed by atoms with Crippen molar-refractivity contribution in [3.63, 3.8) is 0 Å². The van der Waals surface area contributed by atoms with Crippen LogP contribution in [0.25, 0.3) is 0 Å². The second kappa shape index (κ2) is 8.81. The summed E-state index contributed by atoms with van der Waals surface area (Å²) in [6.45, 7) is 3.63. The molecule has 0 saturated heterocycles. The van der Waals surface area contributed by atoms with Crippen molar-refractivity contribution in [1.29, 1.82) is 0 Å². The van der Waals surface area contributed by atoms with Gasteiger partial charge in [-0.05, 0) is 36.5 Å². The number of benzene rings is 1. The Kier molecular flexibility index (Phi) is 7.08. The largest absolute Gasteiger partial charge is 0.478 e. The molecule has 0 aliphatic heterocycles. The van der Waals surface area contributed by atoms with Crippen molar-refractivity contribution in [3.8, 4) is 0 Å². The van der Waals surface area contributed by atoms with Crippen LogP contribution in [0.1, 0.15) is 49.0 Å². The van der Waals surface area contributed by atoms with Gasteiger partial charge in [-0.25, -0.2) is 9.59 Å². The number of nitrogens with one attached hydrogen (secondary N) is 1. The van der Waals surface area contributed by atoms with Crippen LogP contribution in [0.15, 0.2) is 24.3 Å². The van der Waals surface area contributed by atoms with E-state index in [0.717, 1.165) is 5.56 Å². The monoisotopic (exact) mass is 307 g/mol. The fourth-order valence-corrected chi connectivity index (χ4v) is 1.95. The van der Waals surface area contributed by atoms with Crippen molar-refractivity contribution in [1.82, 2.24) is 5.48 Å². The molecule has 1 atom stereocenters. The summed E-state index contributed by atoms with van der Waals surface area (Å²) in [7, 11) is 0. The molecule has 6 nitrogen and oxygen atoms in total. The first-order valence-corrected chi connectivity index (χ1v) is 7.23. The number of carboxylic acids is 1. The van der Waals surface area contributed by atoms with Gasteiger partial charge < -0.3 is 9.94 Å². The molecule has 1 aromatic carbocycles. The smallest absolute Gasteiger partial charge is 0.335 e. The lowest BCUT2D eigenvalue weighted by molar-refractivity contribution is -0.158. The second-order valence-electron chi connectivity index (χ2n) is 5.21. The first kappa shape index (κ1) is 17.7. The zero-order chi connectivity index (χ0) is 16.5. The summed E-state index contributed by atoms with van der Waals surface area (Å²) in [6.07, 6.45) is 1.75. The number of hydrogen-bond donors (Lipinski definition) is 2. The van der Waals surface area contributed by atoms with Gasteiger partial charge in [-0.15, -0.1) is 0 Å². The summed E-state index contributed by atoms with van der Waals surface area (Å²) in [6, 6.07) is 6.77. The maximum absolute atomic E-state index is 11.5. The summed E-state index contributed by atoms with van der Waals surface area (Å²) >= 11 is 0. The van der Waals surface area contributed by atoms with Gasteiger partial charge >= 0.3 is 11.9 Å². The molecule has 1 aromatic rings. The maximum atomic E-state index is 11.5. The first-order chi connectivity index (χ1) is 10.4. The number of rotatable bonds is 7. The predicted molar refractivity (Wildman–Crippen MR) is 80.0 cm³/mol. The van der Waals surface area contributed by atoms with Gasteiger partial charge in [-0.3, -0.25) is 4.79 Å². The molecule has 1 unspecified atom stereocenters. The summed E-state index contributed by atoms with van der Waals surface area (Å²) in [5.74, 6) is -1.57. The van der Waals surface area contributed by atoms with Crippen molar-refractivity contribution in [2.24, 2.45) is 5.92 Å². The molecular formula is C16H21NO5. The van der Waals surface area contributed by atoms with Crippen LogP contribution in [0.4, 0.5) is 0 Å². The molecule has 1 amide bonds. The third-order valence-corrected chi connectivity index (χ3v) is 3.19. The molecule has 0 heterocycles. The highest BCUT2D eigenvalue weighted by molar-refractivity contribution is 5.87. The van der Waals surface area contributed by atoms with E-state index in [1.165, 1.54) is 0 Å². The molecule has 1 rings (SSSR count). The van der Waals surface area contributed by atoms with E-state index in [1.807, 2.05) is 13.0 Å². The van der Waals surface area contributed by atoms with E-state index < -0.39 is 11.9 Å². The Balaban J connectivity index is 2.38. The van der Waals surface area contributed by atoms with Gasteiger partial charge in [0.25, 0.3) is 5.91 Å². The van der Waals surface area contributed by atoms with E-state index in [1.54, 1.807) is 25.1 Å². The Hall–Kier alpha value is -2.37. The Labute approximate surface area is 129 Å². The lowest BCUT2D eigenvalue weighted by atomic mass is 9.95. The molecule has 0 spiro atoms. The highest BCUT2D eigenvalue weighted by Gasteiger charge is 2.10. The average molecular weight is 307 g/mol. The summed E-state index contributed by atoms with van der Waals surface area (Å²) in [4.78, 5) is 37.8. The number of carboxylic acid groups (broad SMARTS) is 1. The molecule has 0 aliphatic carbocycles. The zero-order valence-electron chi connectivity index (χ0n) is 12.8. The number of amides is 1. The lowest BCUT2D eigenvalue weighted by Crippen LogP contribution is -2.26. The molecule has 0 aliphatic rings. The molecule has 0 fully saturated rings. The predicted octanol–water partition coefficient (Wildman–Crippen LogP) is 2.33. The average Bonchev–Trinajstić information content (AvgIpc) is 2.50. The Bertz CT molecular complexity index is 541. The van der Waals surface area contributed by atoms with Crippen LogP contribution in [0.5, 0.6) is 0 Å². The van der Waals surface area contributed by atoms with Gasteiger partial charge in [0.1, 0.15) is 0 Å². The highest BCUT2D eigenvalue weighted by Crippen LogP contribution is 2.15. The quantitative estimate of drug-likeness (QED) is 0.754. The molecule has 6 heteroatoms. The number of carbonyl (C=O) groups excluding carboxylic acids is 2. The molecule has 0 aromatic heterocycles. The fraction of sp³-hybridized carbons (Fsp3) is 0.438. The molecule has 0 bridgehead atoms. The van der Waals surface area contributed by atoms with Gasteiger partial charge in [0.05, 0.1) is 5.56 Å². The Morgan fingerprint density at radius 2 is 2.05 bits per heavy atom. The number of hydroxylamine groups is 1. The third-order valence-electron chi connectivity index (χ3n) is 3.19. The summed E-state index contributed by atoms with van der Waals surface area (Å²) < 4.78 is 0. The third kappa shape index (κ3) is 6.39. The SMILES string of the molecule is CCC(=O)ONC(=O)CCC(C)Cc1cccc(C(=O)O)c1. The van der Waals surface area contributed by atoms with Gasteiger partial charge in [0, 0.05) is 12.8 Å². The first-order valence-electron chi connectivity index (χ1n) is 7.23. The van der Waals surface area contributed by atoms with E-state index in [-0.39, 0.29) is 30.2 Å². The highest BCUT2D eigenvalue weighted by atomic mass is 16.7. The van der Waals surface area contributed by atoms with Crippen molar-refractivity contribution >= 4 is 17.8 Å². The number of aromatic carboxylic acids is 1. The van der Waals surface area contributed by atoms with Gasteiger partial charge in [0.15, 0.2) is 0 Å². The maximum Gasteiger partial charge on any atom is 0.335 e. The van der Waals surface area contributed by atoms with Crippen molar-refractivity contribution in [2.45, 2.75) is 39.5 Å². The van der Waals surface area contributed by atoms with Gasteiger partial charge in [-0.2, -0.15) is 5.48 Å². The summed E-state index contributed by atoms with van der Waals surface area (Å²) in [5, 5.41) is 8.95. The van der Waals surface area contributed by atoms with Crippen LogP contribution in [0, 0.1) is 5.92 Å². The van der Waals surface area contributed by atoms with Crippen molar-refractivity contribution in [2.75, 3.05) is 0 Å². The summed E-state index contributed by atoms with van der Waals surface area (Å²) in [5.41, 5.74) is 3.29. The molecule has 0 saturated carbocycles. The zero-order valence-corrected chi connectivity index (χ0v) is 12.8. The van der Waals surface area contributed by atoms with E-state index in [0.29, 0.717) is 12.8 Å². The Morgan fingerprint density at radius 3 is 2.68 bits per heavy atom. The van der Waals surface area contributed by atoms with Crippen LogP contribution >= 0.6 is 0 Å². The number of carbonyl (C=O) groups is 3. The van der Waals surface area contributed by atoms with Gasteiger partial charge in [-0.1, -0.05) is 26.0 Å². The Morgan fingerprint density at radius 1 is 1.32 bits per heavy atom. The van der Waals surface area contributed by atoms with E-state index in [9.17, 15) is 14.4 Å². The van der Waals surface area contributed by atoms with E-state index >= 15 is 0 Å². The minimum Gasteiger partial charge on any atom is -0.478 e. The van der Waals surface area contributed by atoms with Crippen LogP contribution in [-0.4, -0.2) is 23.0 Å². The molecule has 0 radical (unpaired) electrons. The van der Waals surface area contributed by atoms with Crippen LogP contribution in [0.3, 0.4) is 0 Å². The lowest BCUT2D eigenvalue weighted by Gasteiger charge is -2.11. The standard InChI is InChI=1S/C16H21NO5/c1-3-15(19)22-17-14(18)8-7-11(2)9-12-5-4-6-13(10-12)16(20)21/h4-6,10-11H,3,7-9H2,1-2H3,(H,17,18)(H,20,21). The fourth-order valence-electron chi connectivity index (χ4n) is 1.95. The topological polar surface area (TPSA) is 92.7 Å². The van der Waals surface area contributed by atoms with Gasteiger partial charge in [0.2, 0.25) is 0 Å². The molecule has 2 N–H and O–H groups in total. The van der Waals surface area contributed by atoms with Crippen molar-refractivity contribution < 1.29 is 24.3 Å². The molecule has 22 heavy (non-hydrogen) atoms. The minimum atomic E-state index is -0.952. The normalized spacial score (nSPS) is 11.5. The van der Waals surface area contributed by atoms with Crippen LogP contribution in [-0.2, 0) is 20.8 Å². The molecular weight excluding hydrogens is 286 g/mol. The van der Waals surface area contributed by atoms with E-state index in [2.05, 4.69) is 10.3 Å². The van der Waals surface area contributed by atoms with Crippen LogP contribution < -0.4 is 5.48 Å².